The van der Waals surface area contributed by atoms with Crippen molar-refractivity contribution in [1.29, 1.82) is 0 Å². The first-order chi connectivity index (χ1) is 11.1. The predicted molar refractivity (Wildman–Crippen MR) is 93.2 cm³/mol. The van der Waals surface area contributed by atoms with Gasteiger partial charge in [0.1, 0.15) is 0 Å². The number of nitrogens with zero attached hydrogens (tertiary/aromatic N) is 1. The molecule has 0 radical (unpaired) electrons. The summed E-state index contributed by atoms with van der Waals surface area (Å²) in [5, 5.41) is 2.51. The van der Waals surface area contributed by atoms with E-state index in [9.17, 15) is 9.59 Å². The average molecular weight is 393 g/mol. The molecule has 0 saturated carbocycles. The first-order valence-corrected chi connectivity index (χ1v) is 10.9. The Kier molecular flexibility index (Phi) is 15.1. The molecule has 0 unspecified atom stereocenters. The Hall–Kier alpha value is -1.07. The summed E-state index contributed by atoms with van der Waals surface area (Å²) in [6, 6.07) is 0. The molecule has 0 atom stereocenters. The zero-order chi connectivity index (χ0) is 17.3. The van der Waals surface area contributed by atoms with Crippen LogP contribution in [0.2, 0.25) is 5.82 Å². The normalized spacial score (nSPS) is 11.2. The Labute approximate surface area is 145 Å². The van der Waals surface area contributed by atoms with Gasteiger partial charge in [-0.15, -0.1) is 0 Å². The molecule has 2 amide bonds. The van der Waals surface area contributed by atoms with E-state index in [-0.39, 0.29) is 15.0 Å². The average Bonchev–Trinajstić information content (AvgIpc) is 2.53. The molecule has 1 N–H and O–H groups in total. The van der Waals surface area contributed by atoms with E-state index in [4.69, 9.17) is 9.47 Å². The van der Waals surface area contributed by atoms with Crippen LogP contribution in [0.4, 0.5) is 9.59 Å². The number of rotatable bonds is 11. The predicted octanol–water partition coefficient (Wildman–Crippen LogP) is 4.12. The van der Waals surface area contributed by atoms with Crippen molar-refractivity contribution in [3.63, 3.8) is 0 Å². The third kappa shape index (κ3) is 14.3. The number of nitrogens with one attached hydrogen (secondary N) is 1. The van der Waals surface area contributed by atoms with Crippen molar-refractivity contribution in [3.05, 3.63) is 0 Å². The van der Waals surface area contributed by atoms with E-state index in [0.717, 1.165) is 51.4 Å². The first kappa shape index (κ1) is 21.9. The van der Waals surface area contributed by atoms with Gasteiger partial charge in [-0.05, 0) is 0 Å². The van der Waals surface area contributed by atoms with E-state index in [1.54, 1.807) is 0 Å². The van der Waals surface area contributed by atoms with Crippen molar-refractivity contribution in [3.8, 4) is 0 Å². The van der Waals surface area contributed by atoms with Crippen LogP contribution in [-0.4, -0.2) is 45.1 Å². The number of alkyl carbamates (subject to hydrolysis) is 1. The molecule has 0 aromatic heterocycles. The summed E-state index contributed by atoms with van der Waals surface area (Å²) in [4.78, 5) is 27.0. The molecule has 7 heteroatoms. The van der Waals surface area contributed by atoms with E-state index in [1.165, 1.54) is 0 Å². The molecule has 0 saturated heterocycles. The molecule has 23 heavy (non-hydrogen) atoms. The standard InChI is InChI=1S/C16H30N2O4Se/c1-4-6-8-10-12-21-15(19)17-14(23-3)18-16(20)22-13-11-9-7-5-2/h4-13H2,1-3H3,(H,17,18,19,20). The monoisotopic (exact) mass is 394 g/mol. The number of carbonyl (C=O) groups excluding carboxylic acids is 2. The van der Waals surface area contributed by atoms with Crippen molar-refractivity contribution in [2.24, 2.45) is 4.99 Å². The van der Waals surface area contributed by atoms with Crippen LogP contribution in [0.3, 0.4) is 0 Å². The Morgan fingerprint density at radius 3 is 2.00 bits per heavy atom. The van der Waals surface area contributed by atoms with Crippen LogP contribution in [0.25, 0.3) is 0 Å². The van der Waals surface area contributed by atoms with Gasteiger partial charge in [-0.25, -0.2) is 0 Å². The van der Waals surface area contributed by atoms with Crippen molar-refractivity contribution < 1.29 is 19.1 Å². The Morgan fingerprint density at radius 2 is 1.48 bits per heavy atom. The molecule has 0 bridgehead atoms. The summed E-state index contributed by atoms with van der Waals surface area (Å²) in [7, 11) is 0. The van der Waals surface area contributed by atoms with E-state index in [1.807, 2.05) is 5.82 Å². The first-order valence-electron chi connectivity index (χ1n) is 8.37. The van der Waals surface area contributed by atoms with Gasteiger partial charge in [0, 0.05) is 0 Å². The molecule has 0 aliphatic rings. The van der Waals surface area contributed by atoms with E-state index < -0.39 is 12.2 Å². The van der Waals surface area contributed by atoms with Gasteiger partial charge in [0.25, 0.3) is 0 Å². The van der Waals surface area contributed by atoms with Gasteiger partial charge in [-0.3, -0.25) is 0 Å². The van der Waals surface area contributed by atoms with Gasteiger partial charge >= 0.3 is 145 Å². The van der Waals surface area contributed by atoms with Crippen LogP contribution in [0.1, 0.15) is 65.2 Å². The van der Waals surface area contributed by atoms with Crippen molar-refractivity contribution in [1.82, 2.24) is 5.32 Å². The summed E-state index contributed by atoms with van der Waals surface area (Å²) < 4.78 is 10.4. The molecular formula is C16H30N2O4Se. The number of unbranched alkanes of at least 4 members (excludes halogenated alkanes) is 6. The SMILES string of the molecule is CCCCCCOC(=O)/N=C(/NC(=O)OCCCCCC)[Se]C. The minimum atomic E-state index is -0.650. The number of hydrogen-bond donors (Lipinski definition) is 1. The third-order valence-electron chi connectivity index (χ3n) is 3.05. The molecule has 0 aliphatic heterocycles. The van der Waals surface area contributed by atoms with E-state index in [0.29, 0.717) is 17.9 Å². The van der Waals surface area contributed by atoms with Crippen LogP contribution in [0.15, 0.2) is 4.99 Å². The number of amidine groups is 1. The van der Waals surface area contributed by atoms with Gasteiger partial charge in [-0.2, -0.15) is 0 Å². The van der Waals surface area contributed by atoms with Crippen LogP contribution in [0.5, 0.6) is 0 Å². The number of ether oxygens (including phenoxy) is 2. The summed E-state index contributed by atoms with van der Waals surface area (Å²) in [5.41, 5.74) is 0. The molecule has 0 rings (SSSR count). The van der Waals surface area contributed by atoms with Crippen LogP contribution in [-0.2, 0) is 9.47 Å². The number of amides is 2. The van der Waals surface area contributed by atoms with Crippen LogP contribution in [0, 0.1) is 0 Å². The summed E-state index contributed by atoms with van der Waals surface area (Å²) in [6.45, 7) is 5.01. The maximum atomic E-state index is 11.6. The second-order valence-electron chi connectivity index (χ2n) is 5.12. The molecule has 0 aliphatic carbocycles. The topological polar surface area (TPSA) is 77.0 Å². The number of carbonyl (C=O) groups is 2. The van der Waals surface area contributed by atoms with Gasteiger partial charge in [0.15, 0.2) is 0 Å². The van der Waals surface area contributed by atoms with Gasteiger partial charge in [-0.1, -0.05) is 0 Å². The molecule has 0 heterocycles. The van der Waals surface area contributed by atoms with Gasteiger partial charge < -0.3 is 0 Å². The van der Waals surface area contributed by atoms with Gasteiger partial charge in [0.2, 0.25) is 0 Å². The Morgan fingerprint density at radius 1 is 0.913 bits per heavy atom. The fourth-order valence-electron chi connectivity index (χ4n) is 1.75. The Balaban J connectivity index is 3.96. The summed E-state index contributed by atoms with van der Waals surface area (Å²) in [5.74, 6) is 1.86. The molecule has 0 fully saturated rings. The molecule has 0 aromatic rings. The molecule has 6 nitrogen and oxygen atoms in total. The van der Waals surface area contributed by atoms with Gasteiger partial charge in [0.05, 0.1) is 0 Å². The van der Waals surface area contributed by atoms with E-state index in [2.05, 4.69) is 24.2 Å². The molecular weight excluding hydrogens is 363 g/mol. The van der Waals surface area contributed by atoms with Crippen molar-refractivity contribution in [2.75, 3.05) is 13.2 Å². The second kappa shape index (κ2) is 15.8. The van der Waals surface area contributed by atoms with E-state index >= 15 is 0 Å². The summed E-state index contributed by atoms with van der Waals surface area (Å²) >= 11 is -0.123. The number of aliphatic imine (C=N–C) groups is 1. The quantitative estimate of drug-likeness (QED) is 0.248. The summed E-state index contributed by atoms with van der Waals surface area (Å²) in [6.07, 6.45) is 7.13. The van der Waals surface area contributed by atoms with Crippen molar-refractivity contribution >= 4 is 31.9 Å². The third-order valence-corrected chi connectivity index (χ3v) is 4.27. The zero-order valence-corrected chi connectivity index (χ0v) is 16.3. The fourth-order valence-corrected chi connectivity index (χ4v) is 2.48. The second-order valence-corrected chi connectivity index (χ2v) is 6.79. The van der Waals surface area contributed by atoms with Crippen LogP contribution < -0.4 is 5.32 Å². The molecule has 0 aromatic carbocycles. The van der Waals surface area contributed by atoms with Crippen LogP contribution >= 0.6 is 0 Å². The molecule has 0 spiro atoms. The zero-order valence-electron chi connectivity index (χ0n) is 14.6. The molecule has 134 valence electrons. The fraction of sp³-hybridized carbons (Fsp3) is 0.812. The maximum absolute atomic E-state index is 11.6. The Bertz CT molecular complexity index is 362. The van der Waals surface area contributed by atoms with Crippen molar-refractivity contribution in [2.45, 2.75) is 71.0 Å². The minimum absolute atomic E-state index is 0.123. The number of hydrogen-bond acceptors (Lipinski definition) is 4.